The summed E-state index contributed by atoms with van der Waals surface area (Å²) in [7, 11) is 0. The zero-order valence-corrected chi connectivity index (χ0v) is 27.7. The lowest BCUT2D eigenvalue weighted by molar-refractivity contribution is 0.0695. The Hall–Kier alpha value is -6.18. The summed E-state index contributed by atoms with van der Waals surface area (Å²) in [6.07, 6.45) is 2.80. The van der Waals surface area contributed by atoms with Crippen LogP contribution >= 0.6 is 23.2 Å². The minimum atomic E-state index is -0.998. The molecule has 6 rings (SSSR count). The van der Waals surface area contributed by atoms with Crippen LogP contribution in [0.5, 0.6) is 11.5 Å². The number of nitrogens with zero attached hydrogens (tertiary/aromatic N) is 4. The average Bonchev–Trinajstić information content (AvgIpc) is 3.60. The van der Waals surface area contributed by atoms with Gasteiger partial charge < -0.3 is 37.8 Å². The number of amides is 1. The van der Waals surface area contributed by atoms with Crippen LogP contribution in [-0.4, -0.2) is 46.8 Å². The molecule has 49 heavy (non-hydrogen) atoms. The van der Waals surface area contributed by atoms with Gasteiger partial charge in [-0.15, -0.1) is 0 Å². The first-order chi connectivity index (χ1) is 23.2. The predicted octanol–water partition coefficient (Wildman–Crippen LogP) is 6.46. The highest BCUT2D eigenvalue weighted by atomic mass is 35.5. The van der Waals surface area contributed by atoms with E-state index >= 15 is 0 Å². The van der Waals surface area contributed by atoms with Gasteiger partial charge in [-0.1, -0.05) is 23.2 Å². The van der Waals surface area contributed by atoms with Crippen LogP contribution in [0.1, 0.15) is 32.1 Å². The number of nitrogens with one attached hydrogen (secondary N) is 1. The Bertz CT molecular complexity index is 2020. The molecule has 0 aliphatic carbocycles. The van der Waals surface area contributed by atoms with Crippen molar-refractivity contribution in [2.45, 2.75) is 13.8 Å². The van der Waals surface area contributed by atoms with Crippen molar-refractivity contribution in [1.82, 2.24) is 19.6 Å². The molecule has 0 saturated carbocycles. The van der Waals surface area contributed by atoms with Crippen molar-refractivity contribution in [1.29, 1.82) is 0 Å². The molecular formula is C34H32Cl2N8O5. The third-order valence-corrected chi connectivity index (χ3v) is 7.24. The third kappa shape index (κ3) is 9.44. The standard InChI is InChI=1S/C17H15ClN4O2.C11H10N2O3.C6H7ClN2/c1-10-16(9-20-22(10)14-2-4-15(23)5-3-14)17(24)21-13-7-11(18)6-12(19)8-13;1-7-10(11(15)16)6-12-13(7)8-2-4-9(14)5-3-8;7-4-1-5(8)3-6(9)2-4/h2-9,23H,19H2,1H3,(H,21,24);2-6,14H,1H3,(H,15,16);1-3H,8-9H2. The second kappa shape index (κ2) is 15.6. The molecule has 2 heterocycles. The Labute approximate surface area is 290 Å². The Kier molecular flexibility index (Phi) is 11.4. The summed E-state index contributed by atoms with van der Waals surface area (Å²) >= 11 is 11.5. The smallest absolute Gasteiger partial charge is 0.339 e. The second-order valence-corrected chi connectivity index (χ2v) is 11.4. The van der Waals surface area contributed by atoms with Crippen LogP contribution in [0.3, 0.4) is 0 Å². The lowest BCUT2D eigenvalue weighted by atomic mass is 10.2. The van der Waals surface area contributed by atoms with Crippen molar-refractivity contribution < 1.29 is 24.9 Å². The van der Waals surface area contributed by atoms with Gasteiger partial charge in [-0.2, -0.15) is 10.2 Å². The van der Waals surface area contributed by atoms with Gasteiger partial charge in [0.25, 0.3) is 5.91 Å². The van der Waals surface area contributed by atoms with E-state index in [-0.39, 0.29) is 23.0 Å². The maximum Gasteiger partial charge on any atom is 0.339 e. The lowest BCUT2D eigenvalue weighted by Gasteiger charge is -2.08. The molecule has 4 aromatic carbocycles. The van der Waals surface area contributed by atoms with E-state index in [2.05, 4.69) is 15.5 Å². The van der Waals surface area contributed by atoms with Crippen molar-refractivity contribution in [2.75, 3.05) is 22.5 Å². The zero-order valence-electron chi connectivity index (χ0n) is 26.2. The Morgan fingerprint density at radius 3 is 1.47 bits per heavy atom. The molecule has 0 fully saturated rings. The van der Waals surface area contributed by atoms with Gasteiger partial charge in [0, 0.05) is 32.8 Å². The molecule has 0 bridgehead atoms. The maximum atomic E-state index is 12.5. The molecule has 13 nitrogen and oxygen atoms in total. The summed E-state index contributed by atoms with van der Waals surface area (Å²) in [5.74, 6) is -0.978. The van der Waals surface area contributed by atoms with Crippen molar-refractivity contribution in [3.05, 3.63) is 130 Å². The highest BCUT2D eigenvalue weighted by Gasteiger charge is 2.16. The second-order valence-electron chi connectivity index (χ2n) is 10.5. The summed E-state index contributed by atoms with van der Waals surface area (Å²) in [6.45, 7) is 3.48. The minimum absolute atomic E-state index is 0.159. The van der Waals surface area contributed by atoms with Crippen molar-refractivity contribution in [3.63, 3.8) is 0 Å². The van der Waals surface area contributed by atoms with E-state index in [1.54, 1.807) is 91.3 Å². The Morgan fingerprint density at radius 1 is 0.653 bits per heavy atom. The number of anilines is 4. The highest BCUT2D eigenvalue weighted by molar-refractivity contribution is 6.31. The molecule has 2 aromatic heterocycles. The van der Waals surface area contributed by atoms with E-state index in [4.69, 9.17) is 50.6 Å². The number of benzene rings is 4. The van der Waals surface area contributed by atoms with Crippen molar-refractivity contribution in [2.24, 2.45) is 0 Å². The van der Waals surface area contributed by atoms with Crippen molar-refractivity contribution in [3.8, 4) is 22.9 Å². The van der Waals surface area contributed by atoms with Gasteiger partial charge in [-0.3, -0.25) is 4.79 Å². The number of aromatic hydroxyl groups is 2. The van der Waals surface area contributed by atoms with E-state index in [0.717, 1.165) is 5.69 Å². The molecule has 0 radical (unpaired) electrons. The van der Waals surface area contributed by atoms with Crippen LogP contribution in [0, 0.1) is 13.8 Å². The first-order valence-electron chi connectivity index (χ1n) is 14.3. The number of aromatic carboxylic acids is 1. The maximum absolute atomic E-state index is 12.5. The zero-order chi connectivity index (χ0) is 35.8. The summed E-state index contributed by atoms with van der Waals surface area (Å²) < 4.78 is 3.14. The van der Waals surface area contributed by atoms with E-state index in [0.29, 0.717) is 55.4 Å². The molecule has 0 unspecified atom stereocenters. The summed E-state index contributed by atoms with van der Waals surface area (Å²) in [4.78, 5) is 23.3. The number of hydrogen-bond acceptors (Lipinski definition) is 9. The number of nitrogens with two attached hydrogens (primary N) is 3. The number of carbonyl (C=O) groups is 2. The largest absolute Gasteiger partial charge is 0.508 e. The first-order valence-corrected chi connectivity index (χ1v) is 15.1. The molecule has 1 amide bonds. The van der Waals surface area contributed by atoms with Crippen LogP contribution in [0.2, 0.25) is 10.0 Å². The topological polar surface area (TPSA) is 221 Å². The van der Waals surface area contributed by atoms with Gasteiger partial charge in [0.05, 0.1) is 40.7 Å². The molecule has 6 aromatic rings. The van der Waals surface area contributed by atoms with Gasteiger partial charge in [-0.05, 0) is 98.8 Å². The number of nitrogen functional groups attached to an aromatic ring is 3. The number of hydrogen-bond donors (Lipinski definition) is 7. The third-order valence-electron chi connectivity index (χ3n) is 6.80. The van der Waals surface area contributed by atoms with Crippen LogP contribution in [0.25, 0.3) is 11.4 Å². The number of phenols is 2. The number of halogens is 2. The normalized spacial score (nSPS) is 10.3. The van der Waals surface area contributed by atoms with Crippen LogP contribution in [0.4, 0.5) is 22.7 Å². The molecule has 0 aliphatic rings. The summed E-state index contributed by atoms with van der Waals surface area (Å²) in [5, 5.41) is 39.4. The fourth-order valence-electron chi connectivity index (χ4n) is 4.48. The van der Waals surface area contributed by atoms with Gasteiger partial charge in [0.15, 0.2) is 0 Å². The molecule has 15 heteroatoms. The average molecular weight is 704 g/mol. The van der Waals surface area contributed by atoms with Crippen LogP contribution in [0.15, 0.2) is 97.3 Å². The quantitative estimate of drug-likeness (QED) is 0.0971. The van der Waals surface area contributed by atoms with E-state index in [9.17, 15) is 14.7 Å². The number of carbonyl (C=O) groups excluding carboxylic acids is 1. The molecule has 252 valence electrons. The van der Waals surface area contributed by atoms with E-state index in [1.165, 1.54) is 29.2 Å². The van der Waals surface area contributed by atoms with Crippen molar-refractivity contribution >= 4 is 57.8 Å². The first kappa shape index (κ1) is 35.7. The molecule has 0 atom stereocenters. The lowest BCUT2D eigenvalue weighted by Crippen LogP contribution is -2.13. The molecular weight excluding hydrogens is 671 g/mol. The number of carboxylic acids is 1. The molecule has 0 aliphatic heterocycles. The van der Waals surface area contributed by atoms with Gasteiger partial charge in [0.1, 0.15) is 17.1 Å². The summed E-state index contributed by atoms with van der Waals surface area (Å²) in [6, 6.07) is 22.8. The summed E-state index contributed by atoms with van der Waals surface area (Å²) in [5.41, 5.74) is 22.0. The van der Waals surface area contributed by atoms with Crippen LogP contribution < -0.4 is 22.5 Å². The van der Waals surface area contributed by atoms with Gasteiger partial charge >= 0.3 is 5.97 Å². The van der Waals surface area contributed by atoms with Crippen LogP contribution in [-0.2, 0) is 0 Å². The molecule has 0 saturated heterocycles. The van der Waals surface area contributed by atoms with Gasteiger partial charge in [-0.25, -0.2) is 14.2 Å². The molecule has 10 N–H and O–H groups in total. The molecule has 0 spiro atoms. The monoisotopic (exact) mass is 702 g/mol. The van der Waals surface area contributed by atoms with E-state index < -0.39 is 5.97 Å². The van der Waals surface area contributed by atoms with E-state index in [1.807, 2.05) is 0 Å². The number of phenolic OH excluding ortho intramolecular Hbond substituents is 2. The Morgan fingerprint density at radius 2 is 1.06 bits per heavy atom. The number of carboxylic acid groups (broad SMARTS) is 1. The number of aromatic nitrogens is 4. The predicted molar refractivity (Wildman–Crippen MR) is 191 cm³/mol. The fraction of sp³-hybridized carbons (Fsp3) is 0.0588. The highest BCUT2D eigenvalue weighted by Crippen LogP contribution is 2.23. The minimum Gasteiger partial charge on any atom is -0.508 e. The fourth-order valence-corrected chi connectivity index (χ4v) is 4.97. The number of rotatable bonds is 5. The van der Waals surface area contributed by atoms with Gasteiger partial charge in [0.2, 0.25) is 0 Å². The Balaban J connectivity index is 0.000000185. The SMILES string of the molecule is Cc1c(C(=O)Nc2cc(N)cc(Cl)c2)cnn1-c1ccc(O)cc1.Cc1c(C(=O)O)cnn1-c1ccc(O)cc1.Nc1cc(N)cc(Cl)c1.